The molecule has 1 atom stereocenters. The maximum absolute atomic E-state index is 13.0. The Kier molecular flexibility index (Phi) is 4.62. The minimum absolute atomic E-state index is 0.203. The smallest absolute Gasteiger partial charge is 0.238 e. The number of hydrogen-bond acceptors (Lipinski definition) is 5. The Labute approximate surface area is 151 Å². The highest BCUT2D eigenvalue weighted by atomic mass is 19.1. The van der Waals surface area contributed by atoms with Crippen molar-refractivity contribution in [3.63, 3.8) is 0 Å². The molecule has 0 bridgehead atoms. The van der Waals surface area contributed by atoms with Crippen molar-refractivity contribution >= 4 is 0 Å². The van der Waals surface area contributed by atoms with E-state index in [0.717, 1.165) is 31.6 Å². The highest BCUT2D eigenvalue weighted by Crippen LogP contribution is 2.32. The lowest BCUT2D eigenvalue weighted by atomic mass is 10.1. The fourth-order valence-electron chi connectivity index (χ4n) is 3.29. The van der Waals surface area contributed by atoms with Gasteiger partial charge in [-0.2, -0.15) is 0 Å². The van der Waals surface area contributed by atoms with Gasteiger partial charge in [0.1, 0.15) is 11.6 Å². The quantitative estimate of drug-likeness (QED) is 0.703. The van der Waals surface area contributed by atoms with E-state index in [4.69, 9.17) is 4.74 Å². The van der Waals surface area contributed by atoms with E-state index in [0.29, 0.717) is 11.6 Å². The van der Waals surface area contributed by atoms with Gasteiger partial charge in [0, 0.05) is 19.8 Å². The van der Waals surface area contributed by atoms with Crippen molar-refractivity contribution in [1.29, 1.82) is 0 Å². The van der Waals surface area contributed by atoms with Gasteiger partial charge >= 0.3 is 0 Å². The number of aryl methyl sites for hydroxylation is 1. The molecule has 0 N–H and O–H groups in total. The van der Waals surface area contributed by atoms with Crippen LogP contribution >= 0.6 is 0 Å². The van der Waals surface area contributed by atoms with Gasteiger partial charge in [-0.1, -0.05) is 0 Å². The minimum Gasteiger partial charge on any atom is -0.437 e. The summed E-state index contributed by atoms with van der Waals surface area (Å²) in [7, 11) is 2.00. The first-order chi connectivity index (χ1) is 12.7. The number of rotatable bonds is 5. The van der Waals surface area contributed by atoms with E-state index in [1.54, 1.807) is 24.5 Å². The largest absolute Gasteiger partial charge is 0.437 e. The number of aromatic nitrogens is 4. The highest BCUT2D eigenvalue weighted by Gasteiger charge is 2.28. The molecule has 0 spiro atoms. The van der Waals surface area contributed by atoms with Crippen molar-refractivity contribution in [2.45, 2.75) is 25.4 Å². The monoisotopic (exact) mass is 353 g/mol. The standard InChI is InChI=1S/C19H20FN5O/c1-24-13-22-9-15(24)12-25-8-2-3-18(25)17-10-21-11-19(23-17)26-16-6-4-14(20)5-7-16/h4-7,9-11,13,18H,2-3,8,12H2,1H3. The average Bonchev–Trinajstić information content (AvgIpc) is 3.27. The van der Waals surface area contributed by atoms with Crippen molar-refractivity contribution in [2.75, 3.05) is 6.54 Å². The predicted octanol–water partition coefficient (Wildman–Crippen LogP) is 3.48. The lowest BCUT2D eigenvalue weighted by Gasteiger charge is -2.24. The molecule has 1 aliphatic rings. The van der Waals surface area contributed by atoms with E-state index < -0.39 is 0 Å². The van der Waals surface area contributed by atoms with Crippen LogP contribution in [-0.2, 0) is 13.6 Å². The van der Waals surface area contributed by atoms with Crippen LogP contribution < -0.4 is 4.74 Å². The van der Waals surface area contributed by atoms with Crippen molar-refractivity contribution in [1.82, 2.24) is 24.4 Å². The SMILES string of the molecule is Cn1cncc1CN1CCCC1c1cncc(Oc2ccc(F)cc2)n1. The molecular formula is C19H20FN5O. The first-order valence-electron chi connectivity index (χ1n) is 8.63. The van der Waals surface area contributed by atoms with Crippen molar-refractivity contribution < 1.29 is 9.13 Å². The van der Waals surface area contributed by atoms with E-state index in [9.17, 15) is 4.39 Å². The van der Waals surface area contributed by atoms with Gasteiger partial charge in [-0.15, -0.1) is 0 Å². The predicted molar refractivity (Wildman–Crippen MR) is 94.1 cm³/mol. The molecule has 1 saturated heterocycles. The number of hydrogen-bond donors (Lipinski definition) is 0. The second-order valence-electron chi connectivity index (χ2n) is 6.46. The summed E-state index contributed by atoms with van der Waals surface area (Å²) in [5.74, 6) is 0.659. The lowest BCUT2D eigenvalue weighted by Crippen LogP contribution is -2.24. The maximum atomic E-state index is 13.0. The zero-order valence-corrected chi connectivity index (χ0v) is 14.5. The summed E-state index contributed by atoms with van der Waals surface area (Å²) in [5, 5.41) is 0. The normalized spacial score (nSPS) is 17.5. The first-order valence-corrected chi connectivity index (χ1v) is 8.63. The number of ether oxygens (including phenoxy) is 1. The van der Waals surface area contributed by atoms with Gasteiger partial charge in [-0.3, -0.25) is 9.88 Å². The van der Waals surface area contributed by atoms with Crippen LogP contribution in [0.25, 0.3) is 0 Å². The van der Waals surface area contributed by atoms with E-state index in [-0.39, 0.29) is 11.9 Å². The van der Waals surface area contributed by atoms with Crippen LogP contribution in [0.1, 0.15) is 30.3 Å². The van der Waals surface area contributed by atoms with Crippen LogP contribution in [-0.4, -0.2) is 31.0 Å². The third-order valence-corrected chi connectivity index (χ3v) is 4.65. The molecule has 1 unspecified atom stereocenters. The Balaban J connectivity index is 1.51. The number of benzene rings is 1. The van der Waals surface area contributed by atoms with Crippen LogP contribution in [0.5, 0.6) is 11.6 Å². The second kappa shape index (κ2) is 7.21. The fraction of sp³-hybridized carbons (Fsp3) is 0.316. The summed E-state index contributed by atoms with van der Waals surface area (Å²) in [5.41, 5.74) is 2.06. The molecule has 2 aromatic heterocycles. The summed E-state index contributed by atoms with van der Waals surface area (Å²) < 4.78 is 20.8. The molecule has 6 nitrogen and oxygen atoms in total. The van der Waals surface area contributed by atoms with E-state index in [2.05, 4.69) is 19.9 Å². The molecule has 0 radical (unpaired) electrons. The molecule has 0 aliphatic carbocycles. The summed E-state index contributed by atoms with van der Waals surface area (Å²) in [6.45, 7) is 1.84. The van der Waals surface area contributed by atoms with Crippen LogP contribution in [0.2, 0.25) is 0 Å². The molecular weight excluding hydrogens is 333 g/mol. The molecule has 26 heavy (non-hydrogen) atoms. The first kappa shape index (κ1) is 16.7. The van der Waals surface area contributed by atoms with Gasteiger partial charge in [-0.25, -0.2) is 14.4 Å². The molecule has 0 saturated carbocycles. The molecule has 4 rings (SSSR count). The molecule has 1 aliphatic heterocycles. The van der Waals surface area contributed by atoms with Crippen molar-refractivity contribution in [3.05, 3.63) is 66.4 Å². The third kappa shape index (κ3) is 3.57. The van der Waals surface area contributed by atoms with Gasteiger partial charge in [0.05, 0.1) is 36.2 Å². The van der Waals surface area contributed by atoms with E-state index >= 15 is 0 Å². The molecule has 7 heteroatoms. The van der Waals surface area contributed by atoms with E-state index in [1.807, 2.05) is 24.1 Å². The third-order valence-electron chi connectivity index (χ3n) is 4.65. The number of likely N-dealkylation sites (tertiary alicyclic amines) is 1. The average molecular weight is 353 g/mol. The van der Waals surface area contributed by atoms with Crippen LogP contribution in [0.3, 0.4) is 0 Å². The molecule has 3 heterocycles. The Morgan fingerprint density at radius 2 is 2.00 bits per heavy atom. The van der Waals surface area contributed by atoms with Crippen molar-refractivity contribution in [2.24, 2.45) is 7.05 Å². The molecule has 3 aromatic rings. The minimum atomic E-state index is -0.297. The number of halogens is 1. The Hall–Kier alpha value is -2.80. The van der Waals surface area contributed by atoms with Crippen LogP contribution in [0, 0.1) is 5.82 Å². The van der Waals surface area contributed by atoms with Gasteiger partial charge in [0.15, 0.2) is 0 Å². The van der Waals surface area contributed by atoms with Crippen LogP contribution in [0.15, 0.2) is 49.2 Å². The molecule has 0 amide bonds. The Bertz CT molecular complexity index is 880. The zero-order chi connectivity index (χ0) is 17.9. The maximum Gasteiger partial charge on any atom is 0.238 e. The van der Waals surface area contributed by atoms with Gasteiger partial charge < -0.3 is 9.30 Å². The molecule has 1 fully saturated rings. The number of nitrogens with zero attached hydrogens (tertiary/aromatic N) is 5. The highest BCUT2D eigenvalue weighted by molar-refractivity contribution is 5.27. The zero-order valence-electron chi connectivity index (χ0n) is 14.5. The van der Waals surface area contributed by atoms with Crippen LogP contribution in [0.4, 0.5) is 4.39 Å². The van der Waals surface area contributed by atoms with Gasteiger partial charge in [-0.05, 0) is 43.7 Å². The second-order valence-corrected chi connectivity index (χ2v) is 6.46. The molecule has 1 aromatic carbocycles. The van der Waals surface area contributed by atoms with Crippen molar-refractivity contribution in [3.8, 4) is 11.6 Å². The topological polar surface area (TPSA) is 56.1 Å². The fourth-order valence-corrected chi connectivity index (χ4v) is 3.29. The summed E-state index contributed by atoms with van der Waals surface area (Å²) in [4.78, 5) is 15.5. The lowest BCUT2D eigenvalue weighted by molar-refractivity contribution is 0.237. The summed E-state index contributed by atoms with van der Waals surface area (Å²) >= 11 is 0. The van der Waals surface area contributed by atoms with Gasteiger partial charge in [0.2, 0.25) is 5.88 Å². The Morgan fingerprint density at radius 1 is 1.15 bits per heavy atom. The number of imidazole rings is 1. The summed E-state index contributed by atoms with van der Waals surface area (Å²) in [6, 6.07) is 6.08. The van der Waals surface area contributed by atoms with Gasteiger partial charge in [0.25, 0.3) is 0 Å². The molecule has 134 valence electrons. The summed E-state index contributed by atoms with van der Waals surface area (Å²) in [6.07, 6.45) is 9.24. The van der Waals surface area contributed by atoms with E-state index in [1.165, 1.54) is 17.8 Å². The Morgan fingerprint density at radius 3 is 2.77 bits per heavy atom.